The predicted molar refractivity (Wildman–Crippen MR) is 83.7 cm³/mol. The van der Waals surface area contributed by atoms with E-state index in [0.29, 0.717) is 24.7 Å². The summed E-state index contributed by atoms with van der Waals surface area (Å²) in [5.41, 5.74) is 5.65. The lowest BCUT2D eigenvalue weighted by atomic mass is 10.2. The second-order valence-electron chi connectivity index (χ2n) is 5.07. The molecule has 2 heterocycles. The molecule has 1 atom stereocenters. The van der Waals surface area contributed by atoms with E-state index < -0.39 is 0 Å². The van der Waals surface area contributed by atoms with E-state index in [-0.39, 0.29) is 36.8 Å². The molecule has 0 radical (unpaired) electrons. The van der Waals surface area contributed by atoms with Gasteiger partial charge in [0, 0.05) is 38.6 Å². The molecular weight excluding hydrogens is 317 g/mol. The van der Waals surface area contributed by atoms with Gasteiger partial charge in [0.05, 0.1) is 6.54 Å². The summed E-state index contributed by atoms with van der Waals surface area (Å²) in [4.78, 5) is 20.1. The Morgan fingerprint density at radius 2 is 1.95 bits per heavy atom. The number of aryl methyl sites for hydroxylation is 1. The molecule has 0 aliphatic carbocycles. The van der Waals surface area contributed by atoms with Crippen LogP contribution in [-0.4, -0.2) is 58.1 Å². The van der Waals surface area contributed by atoms with Crippen molar-refractivity contribution in [2.45, 2.75) is 32.9 Å². The Morgan fingerprint density at radius 1 is 1.33 bits per heavy atom. The van der Waals surface area contributed by atoms with Crippen LogP contribution in [0.4, 0.5) is 0 Å². The number of rotatable bonds is 4. The zero-order chi connectivity index (χ0) is 13.8. The molecule has 1 aliphatic rings. The van der Waals surface area contributed by atoms with E-state index in [1.807, 2.05) is 11.8 Å². The van der Waals surface area contributed by atoms with E-state index in [9.17, 15) is 4.79 Å². The number of aromatic nitrogens is 2. The lowest BCUT2D eigenvalue weighted by molar-refractivity contribution is -0.133. The van der Waals surface area contributed by atoms with Gasteiger partial charge in [0.15, 0.2) is 5.82 Å². The third kappa shape index (κ3) is 6.17. The zero-order valence-electron chi connectivity index (χ0n) is 12.3. The Balaban J connectivity index is 0.00000200. The highest BCUT2D eigenvalue weighted by Crippen LogP contribution is 2.08. The van der Waals surface area contributed by atoms with Crippen LogP contribution in [-0.2, 0) is 11.3 Å². The summed E-state index contributed by atoms with van der Waals surface area (Å²) >= 11 is 0. The molecule has 1 aromatic rings. The van der Waals surface area contributed by atoms with Crippen molar-refractivity contribution in [3.8, 4) is 0 Å². The molecule has 0 saturated carbocycles. The van der Waals surface area contributed by atoms with Gasteiger partial charge in [-0.2, -0.15) is 4.98 Å². The van der Waals surface area contributed by atoms with Crippen molar-refractivity contribution in [2.75, 3.05) is 26.2 Å². The molecule has 0 bridgehead atoms. The number of nitrogens with two attached hydrogens (primary N) is 1. The van der Waals surface area contributed by atoms with Crippen molar-refractivity contribution in [3.05, 3.63) is 11.7 Å². The molecule has 2 rings (SSSR count). The number of carbonyl (C=O) groups is 1. The van der Waals surface area contributed by atoms with Crippen LogP contribution in [0.25, 0.3) is 0 Å². The summed E-state index contributed by atoms with van der Waals surface area (Å²) in [7, 11) is 0. The number of carbonyl (C=O) groups excluding carboxylic acids is 1. The minimum atomic E-state index is -0.0769. The maximum Gasteiger partial charge on any atom is 0.240 e. The highest BCUT2D eigenvalue weighted by Gasteiger charge is 2.22. The largest absolute Gasteiger partial charge is 0.340 e. The van der Waals surface area contributed by atoms with Gasteiger partial charge in [-0.3, -0.25) is 9.69 Å². The fourth-order valence-electron chi connectivity index (χ4n) is 2.16. The Bertz CT molecular complexity index is 433. The van der Waals surface area contributed by atoms with Gasteiger partial charge in [-0.15, -0.1) is 24.8 Å². The fourth-order valence-corrected chi connectivity index (χ4v) is 2.16. The fraction of sp³-hybridized carbons (Fsp3) is 0.750. The number of amides is 1. The molecule has 9 heteroatoms. The van der Waals surface area contributed by atoms with E-state index in [1.165, 1.54) is 0 Å². The topological polar surface area (TPSA) is 88.5 Å². The average Bonchev–Trinajstić information content (AvgIpc) is 2.75. The molecule has 1 aliphatic heterocycles. The van der Waals surface area contributed by atoms with E-state index in [0.717, 1.165) is 26.2 Å². The number of piperazine rings is 1. The number of hydrogen-bond acceptors (Lipinski definition) is 6. The van der Waals surface area contributed by atoms with Gasteiger partial charge < -0.3 is 15.2 Å². The first-order valence-electron chi connectivity index (χ1n) is 6.59. The van der Waals surface area contributed by atoms with Crippen molar-refractivity contribution >= 4 is 30.7 Å². The van der Waals surface area contributed by atoms with Crippen molar-refractivity contribution in [1.82, 2.24) is 19.9 Å². The second kappa shape index (κ2) is 9.19. The highest BCUT2D eigenvalue weighted by atomic mass is 35.5. The first kappa shape index (κ1) is 20.1. The van der Waals surface area contributed by atoms with Gasteiger partial charge in [0.2, 0.25) is 11.8 Å². The van der Waals surface area contributed by atoms with E-state index in [2.05, 4.69) is 15.0 Å². The van der Waals surface area contributed by atoms with Crippen molar-refractivity contribution in [1.29, 1.82) is 0 Å². The zero-order valence-corrected chi connectivity index (χ0v) is 14.0. The van der Waals surface area contributed by atoms with Gasteiger partial charge in [0.25, 0.3) is 0 Å². The third-order valence-electron chi connectivity index (χ3n) is 3.15. The van der Waals surface area contributed by atoms with Crippen molar-refractivity contribution < 1.29 is 9.32 Å². The van der Waals surface area contributed by atoms with Crippen LogP contribution < -0.4 is 5.73 Å². The first-order valence-corrected chi connectivity index (χ1v) is 6.59. The molecule has 21 heavy (non-hydrogen) atoms. The van der Waals surface area contributed by atoms with Crippen molar-refractivity contribution in [2.24, 2.45) is 5.73 Å². The smallest absolute Gasteiger partial charge is 0.240 e. The average molecular weight is 340 g/mol. The predicted octanol–water partition coefficient (Wildman–Crippen LogP) is 0.603. The van der Waals surface area contributed by atoms with E-state index in [4.69, 9.17) is 10.3 Å². The Labute approximate surface area is 137 Å². The highest BCUT2D eigenvalue weighted by molar-refractivity contribution is 5.85. The standard InChI is InChI=1S/C12H21N5O2.2ClH/c1-9(13)7-12(18)17-5-3-16(4-6-17)8-11-14-10(2)15-19-11;;/h9H,3-8,13H2,1-2H3;2*1H. The number of halogens is 2. The van der Waals surface area contributed by atoms with Crippen LogP contribution in [0, 0.1) is 6.92 Å². The van der Waals surface area contributed by atoms with E-state index >= 15 is 0 Å². The SMILES string of the molecule is Cc1noc(CN2CCN(C(=O)CC(C)N)CC2)n1.Cl.Cl. The second-order valence-corrected chi connectivity index (χ2v) is 5.07. The lowest BCUT2D eigenvalue weighted by Gasteiger charge is -2.34. The van der Waals surface area contributed by atoms with E-state index in [1.54, 1.807) is 6.92 Å². The lowest BCUT2D eigenvalue weighted by Crippen LogP contribution is -2.49. The van der Waals surface area contributed by atoms with Crippen LogP contribution >= 0.6 is 24.8 Å². The maximum absolute atomic E-state index is 11.9. The minimum absolute atomic E-state index is 0. The summed E-state index contributed by atoms with van der Waals surface area (Å²) < 4.78 is 5.09. The quantitative estimate of drug-likeness (QED) is 0.864. The molecule has 122 valence electrons. The van der Waals surface area contributed by atoms with Crippen LogP contribution in [0.5, 0.6) is 0 Å². The van der Waals surface area contributed by atoms with Gasteiger partial charge in [0.1, 0.15) is 0 Å². The van der Waals surface area contributed by atoms with Crippen LogP contribution in [0.1, 0.15) is 25.1 Å². The summed E-state index contributed by atoms with van der Waals surface area (Å²) in [6.45, 7) is 7.43. The van der Waals surface area contributed by atoms with Gasteiger partial charge in [-0.25, -0.2) is 0 Å². The minimum Gasteiger partial charge on any atom is -0.340 e. The molecule has 0 spiro atoms. The molecule has 1 saturated heterocycles. The molecule has 0 aromatic carbocycles. The van der Waals surface area contributed by atoms with Gasteiger partial charge in [-0.1, -0.05) is 5.16 Å². The first-order chi connectivity index (χ1) is 9.04. The monoisotopic (exact) mass is 339 g/mol. The number of nitrogens with zero attached hydrogens (tertiary/aromatic N) is 4. The molecule has 1 unspecified atom stereocenters. The van der Waals surface area contributed by atoms with Crippen LogP contribution in [0.2, 0.25) is 0 Å². The molecule has 1 amide bonds. The molecule has 1 aromatic heterocycles. The van der Waals surface area contributed by atoms with Gasteiger partial charge in [-0.05, 0) is 13.8 Å². The Morgan fingerprint density at radius 3 is 2.43 bits per heavy atom. The normalized spacial score (nSPS) is 16.8. The maximum atomic E-state index is 11.9. The Kier molecular flexibility index (Phi) is 8.80. The summed E-state index contributed by atoms with van der Waals surface area (Å²) in [6, 6.07) is -0.0769. The summed E-state index contributed by atoms with van der Waals surface area (Å²) in [6.07, 6.45) is 0.419. The van der Waals surface area contributed by atoms with Gasteiger partial charge >= 0.3 is 0 Å². The molecule has 7 nitrogen and oxygen atoms in total. The molecule has 1 fully saturated rings. The summed E-state index contributed by atoms with van der Waals surface area (Å²) in [5.74, 6) is 1.43. The van der Waals surface area contributed by atoms with Crippen molar-refractivity contribution in [3.63, 3.8) is 0 Å². The third-order valence-corrected chi connectivity index (χ3v) is 3.15. The summed E-state index contributed by atoms with van der Waals surface area (Å²) in [5, 5.41) is 3.77. The van der Waals surface area contributed by atoms with Crippen LogP contribution in [0.3, 0.4) is 0 Å². The molecule has 2 N–H and O–H groups in total. The molecular formula is C12H23Cl2N5O2. The Hall–Kier alpha value is -0.890. The van der Waals surface area contributed by atoms with Crippen LogP contribution in [0.15, 0.2) is 4.52 Å². The number of hydrogen-bond donors (Lipinski definition) is 1.